The van der Waals surface area contributed by atoms with Crippen molar-refractivity contribution in [3.8, 4) is 56.4 Å². The molecule has 0 amide bonds. The Balaban J connectivity index is 1.05. The summed E-state index contributed by atoms with van der Waals surface area (Å²) in [6.45, 7) is 4.62. The molecule has 250 valence electrons. The van der Waals surface area contributed by atoms with Gasteiger partial charge in [0.15, 0.2) is 17.5 Å². The van der Waals surface area contributed by atoms with Crippen LogP contribution >= 0.6 is 0 Å². The smallest absolute Gasteiger partial charge is 0.164 e. The van der Waals surface area contributed by atoms with Crippen LogP contribution in [0.25, 0.3) is 100 Å². The molecule has 53 heavy (non-hydrogen) atoms. The maximum atomic E-state index is 6.54. The summed E-state index contributed by atoms with van der Waals surface area (Å²) in [6, 6.07) is 52.4. The van der Waals surface area contributed by atoms with Crippen LogP contribution in [0.1, 0.15) is 25.0 Å². The molecule has 3 aromatic heterocycles. The Labute approximate surface area is 305 Å². The molecule has 1 aliphatic carbocycles. The summed E-state index contributed by atoms with van der Waals surface area (Å²) in [4.78, 5) is 15.3. The SMILES string of the molecule is CC1(C)c2cc(-c3cccc(-c4nc(-c5ccccc5)nc(-c5cccc6oc7ccccc7c56)n4)c3)ccc2-c2ccc3c(oc4ccccc43)c21. The Bertz CT molecular complexity index is 3100. The van der Waals surface area contributed by atoms with Crippen molar-refractivity contribution < 1.29 is 8.83 Å². The monoisotopic (exact) mass is 681 g/mol. The maximum Gasteiger partial charge on any atom is 0.164 e. The quantitative estimate of drug-likeness (QED) is 0.185. The lowest BCUT2D eigenvalue weighted by molar-refractivity contribution is 0.620. The molecule has 0 aliphatic heterocycles. The molecule has 10 aromatic rings. The summed E-state index contributed by atoms with van der Waals surface area (Å²) in [7, 11) is 0. The number of furan rings is 2. The Morgan fingerprint density at radius 2 is 1.04 bits per heavy atom. The minimum absolute atomic E-state index is 0.252. The van der Waals surface area contributed by atoms with Gasteiger partial charge < -0.3 is 8.83 Å². The first-order valence-corrected chi connectivity index (χ1v) is 17.9. The summed E-state index contributed by atoms with van der Waals surface area (Å²) >= 11 is 0. The molecule has 1 aliphatic rings. The summed E-state index contributed by atoms with van der Waals surface area (Å²) in [6.07, 6.45) is 0. The van der Waals surface area contributed by atoms with E-state index in [1.807, 2.05) is 66.7 Å². The van der Waals surface area contributed by atoms with Crippen molar-refractivity contribution in [1.29, 1.82) is 0 Å². The molecule has 5 heteroatoms. The lowest BCUT2D eigenvalue weighted by Crippen LogP contribution is -2.15. The number of rotatable bonds is 4. The van der Waals surface area contributed by atoms with E-state index in [1.54, 1.807) is 0 Å². The van der Waals surface area contributed by atoms with Crippen molar-refractivity contribution in [3.63, 3.8) is 0 Å². The Morgan fingerprint density at radius 3 is 1.89 bits per heavy atom. The largest absolute Gasteiger partial charge is 0.456 e. The molecule has 5 nitrogen and oxygen atoms in total. The second-order valence-corrected chi connectivity index (χ2v) is 14.4. The number of hydrogen-bond acceptors (Lipinski definition) is 5. The normalized spacial score (nSPS) is 13.2. The second-order valence-electron chi connectivity index (χ2n) is 14.4. The van der Waals surface area contributed by atoms with Gasteiger partial charge in [0.25, 0.3) is 0 Å². The topological polar surface area (TPSA) is 65.0 Å². The van der Waals surface area contributed by atoms with Gasteiger partial charge in [-0.25, -0.2) is 15.0 Å². The van der Waals surface area contributed by atoms with E-state index in [0.717, 1.165) is 71.7 Å². The molecule has 0 saturated heterocycles. The molecule has 0 saturated carbocycles. The highest BCUT2D eigenvalue weighted by molar-refractivity contribution is 6.12. The summed E-state index contributed by atoms with van der Waals surface area (Å²) in [5, 5.41) is 4.35. The fourth-order valence-electron chi connectivity index (χ4n) is 8.38. The number of nitrogens with zero attached hydrogens (tertiary/aromatic N) is 3. The predicted molar refractivity (Wildman–Crippen MR) is 214 cm³/mol. The molecule has 0 atom stereocenters. The predicted octanol–water partition coefficient (Wildman–Crippen LogP) is 12.6. The summed E-state index contributed by atoms with van der Waals surface area (Å²) in [5.41, 5.74) is 13.3. The van der Waals surface area contributed by atoms with Crippen LogP contribution in [0, 0.1) is 0 Å². The van der Waals surface area contributed by atoms with E-state index in [-0.39, 0.29) is 5.41 Å². The van der Waals surface area contributed by atoms with Crippen LogP contribution in [-0.4, -0.2) is 15.0 Å². The minimum atomic E-state index is -0.252. The molecule has 3 heterocycles. The zero-order valence-electron chi connectivity index (χ0n) is 29.1. The van der Waals surface area contributed by atoms with Crippen LogP contribution in [0.2, 0.25) is 0 Å². The average molecular weight is 682 g/mol. The van der Waals surface area contributed by atoms with Crippen LogP contribution in [0.3, 0.4) is 0 Å². The second kappa shape index (κ2) is 11.1. The number of aromatic nitrogens is 3. The Kier molecular flexibility index (Phi) is 6.23. The molecule has 0 bridgehead atoms. The zero-order chi connectivity index (χ0) is 35.3. The van der Waals surface area contributed by atoms with E-state index < -0.39 is 0 Å². The first kappa shape index (κ1) is 29.8. The van der Waals surface area contributed by atoms with Gasteiger partial charge in [0.2, 0.25) is 0 Å². The van der Waals surface area contributed by atoms with E-state index in [1.165, 1.54) is 22.3 Å². The Morgan fingerprint density at radius 1 is 0.415 bits per heavy atom. The van der Waals surface area contributed by atoms with Crippen LogP contribution in [0.4, 0.5) is 0 Å². The van der Waals surface area contributed by atoms with Gasteiger partial charge in [-0.1, -0.05) is 129 Å². The highest BCUT2D eigenvalue weighted by Gasteiger charge is 2.38. The van der Waals surface area contributed by atoms with Crippen molar-refractivity contribution in [2.24, 2.45) is 0 Å². The van der Waals surface area contributed by atoms with Crippen molar-refractivity contribution in [1.82, 2.24) is 15.0 Å². The van der Waals surface area contributed by atoms with Gasteiger partial charge in [-0.3, -0.25) is 0 Å². The third kappa shape index (κ3) is 4.47. The molecule has 0 N–H and O–H groups in total. The highest BCUT2D eigenvalue weighted by atomic mass is 16.3. The van der Waals surface area contributed by atoms with Crippen LogP contribution in [0.15, 0.2) is 160 Å². The Hall–Kier alpha value is -6.85. The van der Waals surface area contributed by atoms with E-state index in [0.29, 0.717) is 17.5 Å². The van der Waals surface area contributed by atoms with Crippen molar-refractivity contribution in [3.05, 3.63) is 163 Å². The van der Waals surface area contributed by atoms with Gasteiger partial charge in [0, 0.05) is 49.2 Å². The molecule has 0 fully saturated rings. The average Bonchev–Trinajstić information content (AvgIpc) is 3.85. The zero-order valence-corrected chi connectivity index (χ0v) is 29.1. The van der Waals surface area contributed by atoms with E-state index in [9.17, 15) is 0 Å². The molecule has 11 rings (SSSR count). The lowest BCUT2D eigenvalue weighted by Gasteiger charge is -2.22. The summed E-state index contributed by atoms with van der Waals surface area (Å²) < 4.78 is 12.8. The molecular weight excluding hydrogens is 651 g/mol. The van der Waals surface area contributed by atoms with Gasteiger partial charge >= 0.3 is 0 Å². The van der Waals surface area contributed by atoms with Gasteiger partial charge in [-0.15, -0.1) is 0 Å². The van der Waals surface area contributed by atoms with Gasteiger partial charge in [-0.05, 0) is 64.2 Å². The van der Waals surface area contributed by atoms with Crippen LogP contribution in [-0.2, 0) is 5.41 Å². The van der Waals surface area contributed by atoms with Gasteiger partial charge in [-0.2, -0.15) is 0 Å². The van der Waals surface area contributed by atoms with Crippen molar-refractivity contribution in [2.45, 2.75) is 19.3 Å². The number of benzene rings is 7. The van der Waals surface area contributed by atoms with Crippen LogP contribution < -0.4 is 0 Å². The minimum Gasteiger partial charge on any atom is -0.456 e. The fourth-order valence-corrected chi connectivity index (χ4v) is 8.38. The molecular formula is C48H31N3O2. The highest BCUT2D eigenvalue weighted by Crippen LogP contribution is 2.53. The number of fused-ring (bicyclic) bond motifs is 10. The first-order chi connectivity index (χ1) is 26.0. The third-order valence-corrected chi connectivity index (χ3v) is 10.9. The molecule has 7 aromatic carbocycles. The lowest BCUT2D eigenvalue weighted by atomic mass is 9.81. The van der Waals surface area contributed by atoms with E-state index in [4.69, 9.17) is 23.8 Å². The molecule has 0 radical (unpaired) electrons. The van der Waals surface area contributed by atoms with Crippen molar-refractivity contribution >= 4 is 43.9 Å². The van der Waals surface area contributed by atoms with Gasteiger partial charge in [0.1, 0.15) is 22.3 Å². The maximum absolute atomic E-state index is 6.54. The standard InChI is InChI=1S/C48H31N3O2/c1-48(2)38-27-30(22-23-32(38)34-24-25-35-33-16-6-8-19-39(33)53-44(35)43(34)48)29-14-10-15-31(26-29)46-49-45(28-12-4-3-5-13-28)50-47(51-46)37-18-11-21-41-42(37)36-17-7-9-20-40(36)52-41/h3-27H,1-2H3. The third-order valence-electron chi connectivity index (χ3n) is 10.9. The van der Waals surface area contributed by atoms with Crippen LogP contribution in [0.5, 0.6) is 0 Å². The fraction of sp³-hybridized carbons (Fsp3) is 0.0625. The van der Waals surface area contributed by atoms with E-state index in [2.05, 4.69) is 98.8 Å². The first-order valence-electron chi connectivity index (χ1n) is 17.9. The number of para-hydroxylation sites is 2. The van der Waals surface area contributed by atoms with E-state index >= 15 is 0 Å². The number of hydrogen-bond donors (Lipinski definition) is 0. The van der Waals surface area contributed by atoms with Gasteiger partial charge in [0.05, 0.1) is 0 Å². The summed E-state index contributed by atoms with van der Waals surface area (Å²) in [5.74, 6) is 1.83. The van der Waals surface area contributed by atoms with Crippen molar-refractivity contribution in [2.75, 3.05) is 0 Å². The molecule has 0 spiro atoms. The molecule has 0 unspecified atom stereocenters.